The number of phosphoric ester groups is 2. The van der Waals surface area contributed by atoms with Gasteiger partial charge < -0.3 is 0 Å². The third-order valence-electron chi connectivity index (χ3n) is 4.10. The van der Waals surface area contributed by atoms with Crippen LogP contribution in [0.4, 0.5) is 0 Å². The summed E-state index contributed by atoms with van der Waals surface area (Å²) < 4.78 is 75.7. The van der Waals surface area contributed by atoms with Crippen LogP contribution in [0.3, 0.4) is 0 Å². The topological polar surface area (TPSA) is 125 Å². The first-order valence-corrected chi connectivity index (χ1v) is 11.0. The molecule has 6 aliphatic heterocycles. The Hall–Kier alpha value is 0.290. The lowest BCUT2D eigenvalue weighted by molar-refractivity contribution is -0.115. The molecule has 138 valence electrons. The van der Waals surface area contributed by atoms with E-state index in [9.17, 15) is 13.3 Å². The molecule has 0 aromatic carbocycles. The molecule has 6 saturated heterocycles. The van der Waals surface area contributed by atoms with Crippen LogP contribution in [-0.4, -0.2) is 57.1 Å². The Bertz CT molecular complexity index is 524. The van der Waals surface area contributed by atoms with E-state index in [0.717, 1.165) is 0 Å². The minimum Gasteiger partial charge on any atom is -0.286 e. The molecule has 0 N–H and O–H groups in total. The van der Waals surface area contributed by atoms with Gasteiger partial charge in [-0.1, -0.05) is 0 Å². The fourth-order valence-electron chi connectivity index (χ4n) is 2.40. The fourth-order valence-corrected chi connectivity index (χ4v) is 6.20. The van der Waals surface area contributed by atoms with Crippen molar-refractivity contribution < 1.29 is 48.8 Å². The van der Waals surface area contributed by atoms with Crippen molar-refractivity contribution in [3.63, 3.8) is 0 Å². The molecule has 4 bridgehead atoms. The first-order chi connectivity index (χ1) is 11.3. The SMILES string of the molecule is O=S(OCC12COP(=O)(OC1)OC2)OCC12COP(=O)(OC1)OC2. The maximum absolute atomic E-state index is 11.9. The summed E-state index contributed by atoms with van der Waals surface area (Å²) in [6.07, 6.45) is 0. The maximum atomic E-state index is 11.9. The number of hydrogen-bond donors (Lipinski definition) is 0. The van der Waals surface area contributed by atoms with Crippen molar-refractivity contribution in [3.8, 4) is 0 Å². The number of hydrogen-bond acceptors (Lipinski definition) is 11. The van der Waals surface area contributed by atoms with Gasteiger partial charge in [0.2, 0.25) is 0 Å². The molecule has 14 heteroatoms. The molecule has 0 aromatic rings. The second-order valence-electron chi connectivity index (χ2n) is 6.26. The van der Waals surface area contributed by atoms with E-state index < -0.39 is 37.8 Å². The normalized spacial score (nSPS) is 48.5. The van der Waals surface area contributed by atoms with E-state index in [1.807, 2.05) is 0 Å². The van der Waals surface area contributed by atoms with Crippen molar-refractivity contribution in [2.24, 2.45) is 10.8 Å². The second kappa shape index (κ2) is 6.17. The van der Waals surface area contributed by atoms with Gasteiger partial charge in [-0.15, -0.1) is 0 Å². The monoisotopic (exact) mass is 406 g/mol. The summed E-state index contributed by atoms with van der Waals surface area (Å²) in [5, 5.41) is 0. The molecule has 0 aromatic heterocycles. The van der Waals surface area contributed by atoms with E-state index >= 15 is 0 Å². The summed E-state index contributed by atoms with van der Waals surface area (Å²) in [5.74, 6) is 0. The van der Waals surface area contributed by atoms with E-state index in [0.29, 0.717) is 0 Å². The predicted octanol–water partition coefficient (Wildman–Crippen LogP) is 0.941. The molecule has 6 aliphatic rings. The van der Waals surface area contributed by atoms with Gasteiger partial charge in [-0.25, -0.2) is 9.13 Å². The van der Waals surface area contributed by atoms with Crippen LogP contribution in [0.25, 0.3) is 0 Å². The van der Waals surface area contributed by atoms with Crippen LogP contribution in [0.15, 0.2) is 0 Å². The first-order valence-electron chi connectivity index (χ1n) is 7.10. The lowest BCUT2D eigenvalue weighted by Gasteiger charge is -2.44. The van der Waals surface area contributed by atoms with Gasteiger partial charge in [-0.3, -0.25) is 35.5 Å². The predicted molar refractivity (Wildman–Crippen MR) is 75.8 cm³/mol. The van der Waals surface area contributed by atoms with E-state index in [1.54, 1.807) is 0 Å². The highest BCUT2D eigenvalue weighted by atomic mass is 32.2. The van der Waals surface area contributed by atoms with Gasteiger partial charge in [0.1, 0.15) is 0 Å². The Morgan fingerprint density at radius 3 is 1.29 bits per heavy atom. The zero-order valence-electron chi connectivity index (χ0n) is 12.5. The average molecular weight is 406 g/mol. The molecule has 24 heavy (non-hydrogen) atoms. The molecule has 0 amide bonds. The molecule has 0 atom stereocenters. The van der Waals surface area contributed by atoms with Crippen LogP contribution in [0.2, 0.25) is 0 Å². The first kappa shape index (κ1) is 17.7. The lowest BCUT2D eigenvalue weighted by Crippen LogP contribution is -2.49. The van der Waals surface area contributed by atoms with Gasteiger partial charge in [-0.05, 0) is 0 Å². The Kier molecular flexibility index (Phi) is 4.55. The number of rotatable bonds is 6. The fraction of sp³-hybridized carbons (Fsp3) is 1.00. The molecular formula is C10H16O11P2S. The minimum atomic E-state index is -3.39. The minimum absolute atomic E-state index is 0.00862. The molecule has 6 rings (SSSR count). The Morgan fingerprint density at radius 1 is 0.708 bits per heavy atom. The zero-order chi connectivity index (χ0) is 16.9. The summed E-state index contributed by atoms with van der Waals surface area (Å²) in [4.78, 5) is 0. The van der Waals surface area contributed by atoms with Crippen LogP contribution < -0.4 is 0 Å². The van der Waals surface area contributed by atoms with Gasteiger partial charge in [0.25, 0.3) is 0 Å². The third kappa shape index (κ3) is 3.43. The maximum Gasteiger partial charge on any atom is 0.474 e. The molecular weight excluding hydrogens is 390 g/mol. The standard InChI is InChI=1S/C10H16O11P2S/c11-22-14-1-9(2-15-22,3-16-22)7-20-24(13)21-8-10-4-17-23(12,18-5-10)19-6-10/h1-8H2. The summed E-state index contributed by atoms with van der Waals surface area (Å²) in [6.45, 7) is 0.794. The molecule has 0 aliphatic carbocycles. The van der Waals surface area contributed by atoms with Crippen LogP contribution in [-0.2, 0) is 56.0 Å². The van der Waals surface area contributed by atoms with Gasteiger partial charge >= 0.3 is 27.0 Å². The highest BCUT2D eigenvalue weighted by Gasteiger charge is 2.52. The Balaban J connectivity index is 1.25. The van der Waals surface area contributed by atoms with E-state index in [2.05, 4.69) is 0 Å². The van der Waals surface area contributed by atoms with Gasteiger partial charge in [0.15, 0.2) is 0 Å². The van der Waals surface area contributed by atoms with Gasteiger partial charge in [0.05, 0.1) is 63.7 Å². The molecule has 6 heterocycles. The summed E-state index contributed by atoms with van der Waals surface area (Å²) >= 11 is -2.04. The van der Waals surface area contributed by atoms with Crippen LogP contribution >= 0.6 is 15.6 Å². The van der Waals surface area contributed by atoms with Crippen molar-refractivity contribution in [1.29, 1.82) is 0 Å². The van der Waals surface area contributed by atoms with Crippen molar-refractivity contribution in [3.05, 3.63) is 0 Å². The molecule has 0 unspecified atom stereocenters. The van der Waals surface area contributed by atoms with Crippen molar-refractivity contribution in [1.82, 2.24) is 0 Å². The quantitative estimate of drug-likeness (QED) is 0.585. The van der Waals surface area contributed by atoms with E-state index in [-0.39, 0.29) is 52.9 Å². The van der Waals surface area contributed by atoms with Gasteiger partial charge in [0, 0.05) is 0 Å². The van der Waals surface area contributed by atoms with Crippen LogP contribution in [0, 0.1) is 10.8 Å². The highest BCUT2D eigenvalue weighted by molar-refractivity contribution is 7.75. The molecule has 11 nitrogen and oxygen atoms in total. The van der Waals surface area contributed by atoms with Crippen molar-refractivity contribution in [2.75, 3.05) is 52.9 Å². The summed E-state index contributed by atoms with van der Waals surface area (Å²) in [5.41, 5.74) is -1.33. The molecule has 6 fully saturated rings. The number of fused-ring (bicyclic) bond motifs is 6. The second-order valence-corrected chi connectivity index (χ2v) is 10.5. The highest BCUT2D eigenvalue weighted by Crippen LogP contribution is 2.61. The zero-order valence-corrected chi connectivity index (χ0v) is 15.1. The van der Waals surface area contributed by atoms with Crippen LogP contribution in [0.1, 0.15) is 0 Å². The largest absolute Gasteiger partial charge is 0.474 e. The average Bonchev–Trinajstić information content (AvgIpc) is 2.61. The number of phosphoric acid groups is 2. The van der Waals surface area contributed by atoms with E-state index in [4.69, 9.17) is 35.5 Å². The molecule has 0 saturated carbocycles. The van der Waals surface area contributed by atoms with E-state index in [1.165, 1.54) is 0 Å². The van der Waals surface area contributed by atoms with Gasteiger partial charge in [-0.2, -0.15) is 4.21 Å². The van der Waals surface area contributed by atoms with Crippen molar-refractivity contribution >= 4 is 27.0 Å². The van der Waals surface area contributed by atoms with Crippen LogP contribution in [0.5, 0.6) is 0 Å². The Morgan fingerprint density at radius 2 is 1.00 bits per heavy atom. The smallest absolute Gasteiger partial charge is 0.286 e. The third-order valence-corrected chi connectivity index (χ3v) is 7.39. The molecule has 0 spiro atoms. The molecule has 0 radical (unpaired) electrons. The lowest BCUT2D eigenvalue weighted by atomic mass is 9.93. The van der Waals surface area contributed by atoms with Crippen molar-refractivity contribution in [2.45, 2.75) is 0 Å². The summed E-state index contributed by atoms with van der Waals surface area (Å²) in [7, 11) is -6.78. The Labute approximate surface area is 140 Å². The summed E-state index contributed by atoms with van der Waals surface area (Å²) in [6, 6.07) is 0.